The third-order valence-corrected chi connectivity index (χ3v) is 5.70. The number of carboxylic acids is 1. The molecular formula is C19H23F3N2O5S. The first-order chi connectivity index (χ1) is 14.2. The van der Waals surface area contributed by atoms with Gasteiger partial charge in [0.1, 0.15) is 11.9 Å². The lowest BCUT2D eigenvalue weighted by molar-refractivity contribution is -0.192. The van der Waals surface area contributed by atoms with Crippen LogP contribution in [-0.4, -0.2) is 58.5 Å². The number of carboxylic acid groups (broad SMARTS) is 1. The van der Waals surface area contributed by atoms with Gasteiger partial charge in [0.15, 0.2) is 0 Å². The van der Waals surface area contributed by atoms with Crippen molar-refractivity contribution in [2.24, 2.45) is 0 Å². The van der Waals surface area contributed by atoms with Crippen LogP contribution < -0.4 is 0 Å². The number of fused-ring (bicyclic) bond motifs is 1. The Morgan fingerprint density at radius 1 is 1.47 bits per heavy atom. The molecule has 0 spiro atoms. The lowest BCUT2D eigenvalue weighted by atomic mass is 10.0. The van der Waals surface area contributed by atoms with E-state index in [0.717, 1.165) is 42.6 Å². The van der Waals surface area contributed by atoms with Gasteiger partial charge in [0, 0.05) is 24.6 Å². The molecule has 0 radical (unpaired) electrons. The normalized spacial score (nSPS) is 24.2. The summed E-state index contributed by atoms with van der Waals surface area (Å²) in [5.41, 5.74) is 1.02. The highest BCUT2D eigenvalue weighted by Crippen LogP contribution is 2.32. The van der Waals surface area contributed by atoms with Crippen LogP contribution in [0.25, 0.3) is 0 Å². The van der Waals surface area contributed by atoms with Gasteiger partial charge in [0.2, 0.25) is 0 Å². The van der Waals surface area contributed by atoms with E-state index in [0.29, 0.717) is 12.6 Å². The van der Waals surface area contributed by atoms with Crippen molar-refractivity contribution in [3.8, 4) is 0 Å². The largest absolute Gasteiger partial charge is 0.490 e. The Hall–Kier alpha value is -1.95. The van der Waals surface area contributed by atoms with E-state index in [9.17, 15) is 13.2 Å². The zero-order chi connectivity index (χ0) is 21.7. The zero-order valence-corrected chi connectivity index (χ0v) is 17.1. The Morgan fingerprint density at radius 3 is 2.83 bits per heavy atom. The Labute approximate surface area is 175 Å². The Bertz CT molecular complexity index is 811. The average Bonchev–Trinajstić information content (AvgIpc) is 3.42. The van der Waals surface area contributed by atoms with Crippen molar-refractivity contribution in [2.75, 3.05) is 13.2 Å². The van der Waals surface area contributed by atoms with Gasteiger partial charge in [0.05, 0.1) is 36.2 Å². The summed E-state index contributed by atoms with van der Waals surface area (Å²) in [6.45, 7) is 5.14. The predicted octanol–water partition coefficient (Wildman–Crippen LogP) is 3.63. The third kappa shape index (κ3) is 6.03. The molecule has 2 aliphatic heterocycles. The van der Waals surface area contributed by atoms with Crippen molar-refractivity contribution >= 4 is 17.3 Å². The van der Waals surface area contributed by atoms with Gasteiger partial charge in [-0.2, -0.15) is 13.2 Å². The second-order valence-electron chi connectivity index (χ2n) is 7.06. The van der Waals surface area contributed by atoms with Gasteiger partial charge in [-0.25, -0.2) is 9.78 Å². The summed E-state index contributed by atoms with van der Waals surface area (Å²) in [6.07, 6.45) is -0.788. The smallest absolute Gasteiger partial charge is 0.475 e. The average molecular weight is 448 g/mol. The number of thiazole rings is 1. The van der Waals surface area contributed by atoms with Crippen LogP contribution in [0.15, 0.2) is 28.2 Å². The fraction of sp³-hybridized carbons (Fsp3) is 0.579. The maximum Gasteiger partial charge on any atom is 0.490 e. The van der Waals surface area contributed by atoms with Gasteiger partial charge in [-0.05, 0) is 31.9 Å². The number of ether oxygens (including phenoxy) is 2. The fourth-order valence-electron chi connectivity index (χ4n) is 3.60. The first-order valence-electron chi connectivity index (χ1n) is 9.45. The number of alkyl halides is 3. The molecule has 2 aromatic rings. The van der Waals surface area contributed by atoms with Crippen LogP contribution in [0.5, 0.6) is 0 Å². The number of aromatic nitrogens is 1. The number of nitrogens with zero attached hydrogens (tertiary/aromatic N) is 2. The summed E-state index contributed by atoms with van der Waals surface area (Å²) in [6, 6.07) is 4.40. The molecular weight excluding hydrogens is 425 g/mol. The number of likely N-dealkylation sites (tertiary alicyclic amines) is 1. The van der Waals surface area contributed by atoms with Crippen LogP contribution in [0.1, 0.15) is 29.3 Å². The Kier molecular flexibility index (Phi) is 7.50. The molecule has 0 amide bonds. The van der Waals surface area contributed by atoms with Crippen LogP contribution in [0.3, 0.4) is 0 Å². The lowest BCUT2D eigenvalue weighted by Crippen LogP contribution is -2.41. The fourth-order valence-corrected chi connectivity index (χ4v) is 4.20. The van der Waals surface area contributed by atoms with Gasteiger partial charge in [-0.3, -0.25) is 4.90 Å². The molecule has 2 aliphatic rings. The molecule has 0 bridgehead atoms. The Morgan fingerprint density at radius 2 is 2.23 bits per heavy atom. The first kappa shape index (κ1) is 22.7. The number of hydrogen-bond donors (Lipinski definition) is 1. The maximum atomic E-state index is 10.6. The van der Waals surface area contributed by atoms with E-state index < -0.39 is 12.1 Å². The highest BCUT2D eigenvalue weighted by Gasteiger charge is 2.44. The monoisotopic (exact) mass is 448 g/mol. The molecule has 2 saturated heterocycles. The molecule has 4 heterocycles. The van der Waals surface area contributed by atoms with Crippen molar-refractivity contribution in [3.63, 3.8) is 0 Å². The maximum absolute atomic E-state index is 10.6. The summed E-state index contributed by atoms with van der Waals surface area (Å²) in [5, 5.41) is 10.3. The minimum atomic E-state index is -5.08. The number of furan rings is 1. The highest BCUT2D eigenvalue weighted by atomic mass is 32.1. The summed E-state index contributed by atoms with van der Waals surface area (Å²) < 4.78 is 49.5. The van der Waals surface area contributed by atoms with E-state index in [1.54, 1.807) is 17.6 Å². The number of carbonyl (C=O) groups is 1. The van der Waals surface area contributed by atoms with E-state index in [4.69, 9.17) is 23.8 Å². The second-order valence-corrected chi connectivity index (χ2v) is 8.13. The number of aryl methyl sites for hydroxylation is 1. The van der Waals surface area contributed by atoms with Crippen molar-refractivity contribution in [1.29, 1.82) is 0 Å². The molecule has 0 aliphatic carbocycles. The van der Waals surface area contributed by atoms with Gasteiger partial charge in [-0.1, -0.05) is 0 Å². The first-order valence-corrected chi connectivity index (χ1v) is 10.3. The topological polar surface area (TPSA) is 85.0 Å². The van der Waals surface area contributed by atoms with E-state index >= 15 is 0 Å². The van der Waals surface area contributed by atoms with Crippen molar-refractivity contribution in [1.82, 2.24) is 9.88 Å². The minimum Gasteiger partial charge on any atom is -0.475 e. The molecule has 30 heavy (non-hydrogen) atoms. The minimum absolute atomic E-state index is 0.109. The van der Waals surface area contributed by atoms with Gasteiger partial charge in [-0.15, -0.1) is 11.3 Å². The van der Waals surface area contributed by atoms with Crippen LogP contribution in [-0.2, 0) is 27.4 Å². The van der Waals surface area contributed by atoms with Crippen molar-refractivity contribution in [3.05, 3.63) is 40.2 Å². The standard InChI is InChI=1S/C17H22N2O3S.C2HF3O2/c1-12-18-13(11-23-12)10-22-16-9-19(8-14-4-2-6-20-14)15-5-3-7-21-17(15)16;3-2(4,5)1(6)7/h2,4,6,11,15-17H,3,5,7-10H2,1H3;(H,6,7)/t15-,16-,17+;/m1./s1. The summed E-state index contributed by atoms with van der Waals surface area (Å²) in [4.78, 5) is 15.8. The van der Waals surface area contributed by atoms with E-state index in [1.807, 2.05) is 19.1 Å². The molecule has 0 unspecified atom stereocenters. The quantitative estimate of drug-likeness (QED) is 0.748. The molecule has 0 saturated carbocycles. The number of aliphatic carboxylic acids is 1. The summed E-state index contributed by atoms with van der Waals surface area (Å²) >= 11 is 1.67. The van der Waals surface area contributed by atoms with Gasteiger partial charge in [0.25, 0.3) is 0 Å². The van der Waals surface area contributed by atoms with Crippen LogP contribution in [0, 0.1) is 6.92 Å². The lowest BCUT2D eigenvalue weighted by Gasteiger charge is -2.31. The van der Waals surface area contributed by atoms with Gasteiger partial charge < -0.3 is 19.0 Å². The Balaban J connectivity index is 0.000000318. The van der Waals surface area contributed by atoms with Gasteiger partial charge >= 0.3 is 12.1 Å². The predicted molar refractivity (Wildman–Crippen MR) is 101 cm³/mol. The zero-order valence-electron chi connectivity index (χ0n) is 16.3. The molecule has 2 fully saturated rings. The molecule has 0 aromatic carbocycles. The summed E-state index contributed by atoms with van der Waals surface area (Å²) in [5.74, 6) is -1.75. The molecule has 3 atom stereocenters. The molecule has 2 aromatic heterocycles. The van der Waals surface area contributed by atoms with E-state index in [-0.39, 0.29) is 12.2 Å². The molecule has 4 rings (SSSR count). The number of hydrogen-bond acceptors (Lipinski definition) is 7. The number of halogens is 3. The second kappa shape index (κ2) is 9.90. The van der Waals surface area contributed by atoms with Crippen LogP contribution >= 0.6 is 11.3 Å². The molecule has 1 N–H and O–H groups in total. The summed E-state index contributed by atoms with van der Waals surface area (Å²) in [7, 11) is 0. The third-order valence-electron chi connectivity index (χ3n) is 4.88. The molecule has 11 heteroatoms. The molecule has 7 nitrogen and oxygen atoms in total. The van der Waals surface area contributed by atoms with Crippen molar-refractivity contribution < 1.29 is 37.0 Å². The van der Waals surface area contributed by atoms with Crippen LogP contribution in [0.2, 0.25) is 0 Å². The van der Waals surface area contributed by atoms with Crippen LogP contribution in [0.4, 0.5) is 13.2 Å². The SMILES string of the molecule is Cc1nc(CO[C@@H]2CN(Cc3ccco3)[C@@H]3CCCO[C@@H]32)cs1.O=C(O)C(F)(F)F. The van der Waals surface area contributed by atoms with Crippen molar-refractivity contribution in [2.45, 2.75) is 57.3 Å². The highest BCUT2D eigenvalue weighted by molar-refractivity contribution is 7.09. The number of rotatable bonds is 5. The van der Waals surface area contributed by atoms with E-state index in [2.05, 4.69) is 15.3 Å². The van der Waals surface area contributed by atoms with E-state index in [1.165, 1.54) is 6.42 Å². The molecule has 166 valence electrons.